The quantitative estimate of drug-likeness (QED) is 0.716. The second-order valence-electron chi connectivity index (χ2n) is 8.56. The Bertz CT molecular complexity index is 1030. The van der Waals surface area contributed by atoms with Crippen LogP contribution in [0.1, 0.15) is 40.7 Å². The zero-order valence-corrected chi connectivity index (χ0v) is 16.9. The summed E-state index contributed by atoms with van der Waals surface area (Å²) in [4.78, 5) is 15.2. The van der Waals surface area contributed by atoms with Gasteiger partial charge in [-0.15, -0.1) is 0 Å². The van der Waals surface area contributed by atoms with Crippen LogP contribution in [0.15, 0.2) is 66.7 Å². The van der Waals surface area contributed by atoms with Gasteiger partial charge in [-0.1, -0.05) is 60.7 Å². The van der Waals surface area contributed by atoms with Crippen LogP contribution in [0.5, 0.6) is 0 Å². The van der Waals surface area contributed by atoms with Crippen LogP contribution in [-0.2, 0) is 11.8 Å². The van der Waals surface area contributed by atoms with E-state index in [1.807, 2.05) is 30.3 Å². The van der Waals surface area contributed by atoms with E-state index < -0.39 is 0 Å². The molecule has 0 saturated carbocycles. The summed E-state index contributed by atoms with van der Waals surface area (Å²) in [6, 6.07) is 23.0. The Hall–Kier alpha value is -2.65. The number of rotatable bonds is 4. The van der Waals surface area contributed by atoms with Gasteiger partial charge >= 0.3 is 0 Å². The molecule has 0 atom stereocenters. The Morgan fingerprint density at radius 3 is 2.55 bits per heavy atom. The molecule has 148 valence electrons. The number of hydrogen-bond acceptors (Lipinski definition) is 2. The van der Waals surface area contributed by atoms with Crippen LogP contribution in [0.4, 0.5) is 0 Å². The van der Waals surface area contributed by atoms with E-state index in [0.717, 1.165) is 36.0 Å². The van der Waals surface area contributed by atoms with Gasteiger partial charge in [0.25, 0.3) is 5.91 Å². The molecule has 1 heterocycles. The minimum absolute atomic E-state index is 0.0278. The van der Waals surface area contributed by atoms with Crippen molar-refractivity contribution in [2.45, 2.75) is 31.1 Å². The second kappa shape index (κ2) is 7.64. The van der Waals surface area contributed by atoms with Crippen LogP contribution in [0.3, 0.4) is 0 Å². The molecule has 1 N–H and O–H groups in total. The summed E-state index contributed by atoms with van der Waals surface area (Å²) < 4.78 is 0. The van der Waals surface area contributed by atoms with Gasteiger partial charge < -0.3 is 10.2 Å². The van der Waals surface area contributed by atoms with Crippen molar-refractivity contribution in [2.75, 3.05) is 26.2 Å². The molecule has 1 saturated heterocycles. The van der Waals surface area contributed by atoms with Crippen LogP contribution in [0.2, 0.25) is 0 Å². The summed E-state index contributed by atoms with van der Waals surface area (Å²) in [6.45, 7) is 3.87. The first-order chi connectivity index (χ1) is 14.3. The fourth-order valence-corrected chi connectivity index (χ4v) is 5.33. The number of piperidine rings is 1. The Kier molecular flexibility index (Phi) is 4.84. The van der Waals surface area contributed by atoms with Crippen molar-refractivity contribution >= 4 is 16.7 Å². The molecule has 29 heavy (non-hydrogen) atoms. The van der Waals surface area contributed by atoms with Crippen LogP contribution < -0.4 is 5.32 Å². The fraction of sp³-hybridized carbons (Fsp3) is 0.346. The average Bonchev–Trinajstić information content (AvgIpc) is 3.13. The van der Waals surface area contributed by atoms with E-state index in [2.05, 4.69) is 46.6 Å². The molecule has 1 aliphatic carbocycles. The van der Waals surface area contributed by atoms with Crippen LogP contribution in [-0.4, -0.2) is 37.0 Å². The molecule has 2 aliphatic rings. The highest BCUT2D eigenvalue weighted by Gasteiger charge is 2.40. The van der Waals surface area contributed by atoms with Gasteiger partial charge in [0.15, 0.2) is 0 Å². The molecule has 3 nitrogen and oxygen atoms in total. The number of benzene rings is 3. The molecule has 0 aromatic heterocycles. The van der Waals surface area contributed by atoms with Crippen molar-refractivity contribution in [3.05, 3.63) is 83.4 Å². The number of aryl methyl sites for hydroxylation is 1. The highest BCUT2D eigenvalue weighted by Crippen LogP contribution is 2.45. The fourth-order valence-electron chi connectivity index (χ4n) is 5.33. The third-order valence-corrected chi connectivity index (χ3v) is 7.02. The third-order valence-electron chi connectivity index (χ3n) is 7.02. The number of hydrogen-bond donors (Lipinski definition) is 1. The summed E-state index contributed by atoms with van der Waals surface area (Å²) in [5, 5.41) is 5.26. The van der Waals surface area contributed by atoms with Gasteiger partial charge in [0.2, 0.25) is 0 Å². The molecule has 1 fully saturated rings. The lowest BCUT2D eigenvalue weighted by molar-refractivity contribution is 0.0943. The summed E-state index contributed by atoms with van der Waals surface area (Å²) in [5.41, 5.74) is 4.33. The Morgan fingerprint density at radius 1 is 0.897 bits per heavy atom. The van der Waals surface area contributed by atoms with Crippen molar-refractivity contribution in [3.63, 3.8) is 0 Å². The second-order valence-corrected chi connectivity index (χ2v) is 8.56. The molecular weight excluding hydrogens is 356 g/mol. The van der Waals surface area contributed by atoms with Crippen LogP contribution in [0.25, 0.3) is 10.8 Å². The molecule has 3 heteroatoms. The molecule has 3 aromatic carbocycles. The summed E-state index contributed by atoms with van der Waals surface area (Å²) >= 11 is 0. The van der Waals surface area contributed by atoms with Gasteiger partial charge in [0, 0.05) is 18.7 Å². The molecule has 5 rings (SSSR count). The number of carbonyl (C=O) groups excluding carboxylic acids is 1. The van der Waals surface area contributed by atoms with E-state index in [0.29, 0.717) is 12.0 Å². The minimum Gasteiger partial charge on any atom is -0.351 e. The van der Waals surface area contributed by atoms with E-state index in [1.165, 1.54) is 25.7 Å². The maximum Gasteiger partial charge on any atom is 0.251 e. The van der Waals surface area contributed by atoms with E-state index in [-0.39, 0.29) is 5.91 Å². The first-order valence-electron chi connectivity index (χ1n) is 10.8. The van der Waals surface area contributed by atoms with Crippen LogP contribution in [0, 0.1) is 0 Å². The van der Waals surface area contributed by atoms with Crippen molar-refractivity contribution < 1.29 is 4.79 Å². The highest BCUT2D eigenvalue weighted by atomic mass is 16.1. The molecule has 3 aromatic rings. The molecule has 1 amide bonds. The van der Waals surface area contributed by atoms with Gasteiger partial charge in [-0.2, -0.15) is 0 Å². The molecule has 1 aliphatic heterocycles. The lowest BCUT2D eigenvalue weighted by Gasteiger charge is -2.40. The third kappa shape index (κ3) is 3.44. The maximum atomic E-state index is 12.7. The van der Waals surface area contributed by atoms with Crippen molar-refractivity contribution in [3.8, 4) is 0 Å². The van der Waals surface area contributed by atoms with E-state index in [4.69, 9.17) is 0 Å². The van der Waals surface area contributed by atoms with Gasteiger partial charge in [0.05, 0.1) is 0 Å². The molecule has 0 unspecified atom stereocenters. The lowest BCUT2D eigenvalue weighted by Crippen LogP contribution is -2.44. The first-order valence-corrected chi connectivity index (χ1v) is 10.8. The number of likely N-dealkylation sites (tertiary alicyclic amines) is 1. The van der Waals surface area contributed by atoms with E-state index in [9.17, 15) is 4.79 Å². The van der Waals surface area contributed by atoms with E-state index >= 15 is 0 Å². The average molecular weight is 385 g/mol. The zero-order chi connectivity index (χ0) is 19.7. The molecule has 0 radical (unpaired) electrons. The first kappa shape index (κ1) is 18.4. The topological polar surface area (TPSA) is 32.3 Å². The molecule has 1 spiro atoms. The Balaban J connectivity index is 1.16. The zero-order valence-electron chi connectivity index (χ0n) is 16.9. The van der Waals surface area contributed by atoms with Gasteiger partial charge in [-0.3, -0.25) is 4.79 Å². The monoisotopic (exact) mass is 384 g/mol. The summed E-state index contributed by atoms with van der Waals surface area (Å²) in [6.07, 6.45) is 5.01. The summed E-state index contributed by atoms with van der Waals surface area (Å²) in [5.74, 6) is 0.0278. The number of fused-ring (bicyclic) bond motifs is 3. The Morgan fingerprint density at radius 2 is 1.66 bits per heavy atom. The lowest BCUT2D eigenvalue weighted by atomic mass is 9.74. The minimum atomic E-state index is 0.0278. The van der Waals surface area contributed by atoms with Crippen molar-refractivity contribution in [1.29, 1.82) is 0 Å². The van der Waals surface area contributed by atoms with Crippen LogP contribution >= 0.6 is 0 Å². The standard InChI is InChI=1S/C26H28N2O/c29-25(23-10-5-8-20-6-1-3-9-22(20)23)27-16-19-28-17-14-26(15-18-28)13-12-21-7-2-4-11-24(21)26/h1-11H,12-19H2,(H,27,29). The predicted molar refractivity (Wildman–Crippen MR) is 118 cm³/mol. The number of nitrogens with one attached hydrogen (secondary N) is 1. The Labute approximate surface area is 172 Å². The highest BCUT2D eigenvalue weighted by molar-refractivity contribution is 6.06. The largest absolute Gasteiger partial charge is 0.351 e. The number of nitrogens with zero attached hydrogens (tertiary/aromatic N) is 1. The van der Waals surface area contributed by atoms with Gasteiger partial charge in [-0.25, -0.2) is 0 Å². The normalized spacial score (nSPS) is 18.1. The maximum absolute atomic E-state index is 12.7. The number of amides is 1. The molecule has 0 bridgehead atoms. The smallest absolute Gasteiger partial charge is 0.251 e. The predicted octanol–water partition coefficient (Wildman–Crippen LogP) is 4.55. The number of carbonyl (C=O) groups is 1. The van der Waals surface area contributed by atoms with Gasteiger partial charge in [0.1, 0.15) is 0 Å². The van der Waals surface area contributed by atoms with Gasteiger partial charge in [-0.05, 0) is 72.2 Å². The summed E-state index contributed by atoms with van der Waals surface area (Å²) in [7, 11) is 0. The van der Waals surface area contributed by atoms with Crippen molar-refractivity contribution in [2.24, 2.45) is 0 Å². The molecular formula is C26H28N2O. The van der Waals surface area contributed by atoms with Crippen molar-refractivity contribution in [1.82, 2.24) is 10.2 Å². The van der Waals surface area contributed by atoms with E-state index in [1.54, 1.807) is 11.1 Å². The SMILES string of the molecule is O=C(NCCN1CCC2(CCc3ccccc32)CC1)c1cccc2ccccc12.